The van der Waals surface area contributed by atoms with Gasteiger partial charge in [-0.1, -0.05) is 6.07 Å². The number of carbonyl (C=O) groups excluding carboxylic acids is 1. The molecule has 0 unspecified atom stereocenters. The van der Waals surface area contributed by atoms with Gasteiger partial charge in [0.25, 0.3) is 0 Å². The van der Waals surface area contributed by atoms with Gasteiger partial charge in [-0.15, -0.1) is 0 Å². The van der Waals surface area contributed by atoms with Crippen LogP contribution in [0.5, 0.6) is 11.5 Å². The number of ether oxygens (including phenoxy) is 2. The second-order valence-electron chi connectivity index (χ2n) is 6.24. The molecule has 2 rings (SSSR count). The van der Waals surface area contributed by atoms with Crippen LogP contribution in [-0.2, 0) is 14.8 Å². The fourth-order valence-corrected chi connectivity index (χ4v) is 3.36. The van der Waals surface area contributed by atoms with Gasteiger partial charge in [0.15, 0.2) is 0 Å². The van der Waals surface area contributed by atoms with Crippen molar-refractivity contribution >= 4 is 27.3 Å². The lowest BCUT2D eigenvalue weighted by Crippen LogP contribution is -2.32. The minimum absolute atomic E-state index is 0.104. The molecule has 1 amide bonds. The van der Waals surface area contributed by atoms with E-state index in [1.807, 2.05) is 0 Å². The molecule has 8 nitrogen and oxygen atoms in total. The zero-order valence-electron chi connectivity index (χ0n) is 16.5. The number of rotatable bonds is 8. The molecule has 0 saturated carbocycles. The second-order valence-corrected chi connectivity index (χ2v) is 8.39. The van der Waals surface area contributed by atoms with Crippen LogP contribution in [0.25, 0.3) is 0 Å². The van der Waals surface area contributed by atoms with Crippen LogP contribution in [0.2, 0.25) is 0 Å². The normalized spacial score (nSPS) is 12.4. The molecule has 0 heterocycles. The van der Waals surface area contributed by atoms with Crippen LogP contribution >= 0.6 is 0 Å². The first-order valence-electron chi connectivity index (χ1n) is 8.51. The monoisotopic (exact) mass is 407 g/mol. The molecule has 152 valence electrons. The van der Waals surface area contributed by atoms with E-state index in [1.54, 1.807) is 44.4 Å². The van der Waals surface area contributed by atoms with E-state index >= 15 is 0 Å². The van der Waals surface area contributed by atoms with Gasteiger partial charge in [0.2, 0.25) is 15.9 Å². The number of benzene rings is 2. The molecule has 0 bridgehead atoms. The Kier molecular flexibility index (Phi) is 6.87. The molecule has 0 aromatic heterocycles. The predicted octanol–water partition coefficient (Wildman–Crippen LogP) is 2.39. The maximum atomic E-state index is 12.5. The van der Waals surface area contributed by atoms with Crippen molar-refractivity contribution in [2.24, 2.45) is 0 Å². The van der Waals surface area contributed by atoms with Gasteiger partial charge in [0, 0.05) is 25.8 Å². The van der Waals surface area contributed by atoms with Gasteiger partial charge in [-0.05, 0) is 37.3 Å². The Bertz CT molecular complexity index is 944. The highest BCUT2D eigenvalue weighted by molar-refractivity contribution is 7.89. The van der Waals surface area contributed by atoms with Gasteiger partial charge in [0.05, 0.1) is 24.8 Å². The molecule has 0 aliphatic rings. The van der Waals surface area contributed by atoms with Crippen molar-refractivity contribution in [1.82, 2.24) is 4.31 Å². The van der Waals surface area contributed by atoms with E-state index in [0.29, 0.717) is 22.9 Å². The molecule has 9 heteroatoms. The first-order chi connectivity index (χ1) is 13.2. The molecule has 0 radical (unpaired) electrons. The molecular formula is C19H25N3O5S. The van der Waals surface area contributed by atoms with Crippen molar-refractivity contribution in [3.63, 3.8) is 0 Å². The van der Waals surface area contributed by atoms with Crippen molar-refractivity contribution < 1.29 is 22.7 Å². The van der Waals surface area contributed by atoms with E-state index in [0.717, 1.165) is 4.31 Å². The van der Waals surface area contributed by atoms with Crippen LogP contribution in [0, 0.1) is 0 Å². The largest absolute Gasteiger partial charge is 0.497 e. The fourth-order valence-electron chi connectivity index (χ4n) is 2.41. The molecule has 0 saturated heterocycles. The third-order valence-electron chi connectivity index (χ3n) is 4.05. The number of nitrogens with zero attached hydrogens (tertiary/aromatic N) is 1. The number of amides is 1. The molecule has 28 heavy (non-hydrogen) atoms. The molecule has 2 N–H and O–H groups in total. The summed E-state index contributed by atoms with van der Waals surface area (Å²) >= 11 is 0. The Labute approximate surface area is 165 Å². The number of methoxy groups -OCH3 is 2. The Hall–Kier alpha value is -2.78. The third-order valence-corrected chi connectivity index (χ3v) is 5.87. The van der Waals surface area contributed by atoms with Crippen molar-refractivity contribution in [3.8, 4) is 11.5 Å². The van der Waals surface area contributed by atoms with Gasteiger partial charge >= 0.3 is 0 Å². The van der Waals surface area contributed by atoms with Crippen LogP contribution in [0.4, 0.5) is 11.4 Å². The zero-order chi connectivity index (χ0) is 20.9. The quantitative estimate of drug-likeness (QED) is 0.697. The highest BCUT2D eigenvalue weighted by atomic mass is 32.2. The van der Waals surface area contributed by atoms with E-state index in [9.17, 15) is 13.2 Å². The van der Waals surface area contributed by atoms with Gasteiger partial charge in [0.1, 0.15) is 17.5 Å². The maximum Gasteiger partial charge on any atom is 0.246 e. The van der Waals surface area contributed by atoms with Crippen molar-refractivity contribution in [3.05, 3.63) is 42.5 Å². The molecule has 0 fully saturated rings. The molecule has 2 aromatic carbocycles. The first kappa shape index (κ1) is 21.5. The number of hydrogen-bond donors (Lipinski definition) is 2. The van der Waals surface area contributed by atoms with E-state index in [2.05, 4.69) is 10.6 Å². The molecular weight excluding hydrogens is 382 g/mol. The first-order valence-corrected chi connectivity index (χ1v) is 9.95. The average molecular weight is 407 g/mol. The summed E-state index contributed by atoms with van der Waals surface area (Å²) in [5.74, 6) is 0.855. The minimum Gasteiger partial charge on any atom is -0.497 e. The predicted molar refractivity (Wildman–Crippen MR) is 109 cm³/mol. The lowest BCUT2D eigenvalue weighted by atomic mass is 10.2. The number of hydrogen-bond acceptors (Lipinski definition) is 6. The Balaban J connectivity index is 2.13. The van der Waals surface area contributed by atoms with Crippen LogP contribution in [0.3, 0.4) is 0 Å². The SMILES string of the molecule is COc1ccc(N[C@@H](C)C(=O)Nc2cccc(S(=O)(=O)N(C)C)c2)c(OC)c1. The summed E-state index contributed by atoms with van der Waals surface area (Å²) < 4.78 is 36.1. The molecule has 0 spiro atoms. The summed E-state index contributed by atoms with van der Waals surface area (Å²) in [6.45, 7) is 1.69. The van der Waals surface area contributed by atoms with Crippen molar-refractivity contribution in [2.45, 2.75) is 17.9 Å². The van der Waals surface area contributed by atoms with E-state index in [-0.39, 0.29) is 10.8 Å². The standard InChI is InChI=1S/C19H25N3O5S/c1-13(20-17-10-9-15(26-4)12-18(17)27-5)19(23)21-14-7-6-8-16(11-14)28(24,25)22(2)3/h6-13,20H,1-5H3,(H,21,23)/t13-/m0/s1. The summed E-state index contributed by atoms with van der Waals surface area (Å²) in [5, 5.41) is 5.80. The molecule has 1 atom stereocenters. The van der Waals surface area contributed by atoms with Gasteiger partial charge in [-0.3, -0.25) is 4.79 Å². The zero-order valence-corrected chi connectivity index (χ0v) is 17.3. The smallest absolute Gasteiger partial charge is 0.246 e. The number of nitrogens with one attached hydrogen (secondary N) is 2. The second kappa shape index (κ2) is 8.94. The number of anilines is 2. The summed E-state index contributed by atoms with van der Waals surface area (Å²) in [5.41, 5.74) is 1.03. The Morgan fingerprint density at radius 2 is 1.79 bits per heavy atom. The molecule has 2 aromatic rings. The Morgan fingerprint density at radius 3 is 2.39 bits per heavy atom. The lowest BCUT2D eigenvalue weighted by molar-refractivity contribution is -0.116. The summed E-state index contributed by atoms with van der Waals surface area (Å²) in [4.78, 5) is 12.6. The van der Waals surface area contributed by atoms with Crippen LogP contribution in [-0.4, -0.2) is 53.0 Å². The number of sulfonamides is 1. The van der Waals surface area contributed by atoms with Crippen molar-refractivity contribution in [1.29, 1.82) is 0 Å². The average Bonchev–Trinajstić information content (AvgIpc) is 2.68. The van der Waals surface area contributed by atoms with Crippen LogP contribution in [0.1, 0.15) is 6.92 Å². The molecule has 0 aliphatic carbocycles. The summed E-state index contributed by atoms with van der Waals surface area (Å²) in [7, 11) is 2.41. The van der Waals surface area contributed by atoms with E-state index in [4.69, 9.17) is 9.47 Å². The van der Waals surface area contributed by atoms with Gasteiger partial charge in [-0.2, -0.15) is 0 Å². The summed E-state index contributed by atoms with van der Waals surface area (Å²) in [6.07, 6.45) is 0. The topological polar surface area (TPSA) is 97.0 Å². The highest BCUT2D eigenvalue weighted by Crippen LogP contribution is 2.29. The van der Waals surface area contributed by atoms with Gasteiger partial charge in [-0.25, -0.2) is 12.7 Å². The van der Waals surface area contributed by atoms with E-state index < -0.39 is 16.1 Å². The third kappa shape index (κ3) is 4.93. The van der Waals surface area contributed by atoms with E-state index in [1.165, 1.54) is 33.3 Å². The minimum atomic E-state index is -3.58. The van der Waals surface area contributed by atoms with Gasteiger partial charge < -0.3 is 20.1 Å². The molecule has 0 aliphatic heterocycles. The van der Waals surface area contributed by atoms with Crippen LogP contribution < -0.4 is 20.1 Å². The van der Waals surface area contributed by atoms with Crippen LogP contribution in [0.15, 0.2) is 47.4 Å². The highest BCUT2D eigenvalue weighted by Gasteiger charge is 2.19. The fraction of sp³-hybridized carbons (Fsp3) is 0.316. The van der Waals surface area contributed by atoms with Crippen molar-refractivity contribution in [2.75, 3.05) is 38.9 Å². The lowest BCUT2D eigenvalue weighted by Gasteiger charge is -2.18. The number of carbonyl (C=O) groups is 1. The summed E-state index contributed by atoms with van der Waals surface area (Å²) in [6, 6.07) is 10.7. The maximum absolute atomic E-state index is 12.5. The Morgan fingerprint density at radius 1 is 1.07 bits per heavy atom.